The topological polar surface area (TPSA) is 29.5 Å². The molecule has 0 fully saturated rings. The average molecular weight is 95.9 g/mol. The fourth-order valence-corrected chi connectivity index (χ4v) is 0.361. The first-order valence-corrected chi connectivity index (χ1v) is 2.06. The quantitative estimate of drug-likeness (QED) is 0.404. The molecule has 2 nitrogen and oxygen atoms in total. The zero-order valence-electron chi connectivity index (χ0n) is 3.74. The van der Waals surface area contributed by atoms with Gasteiger partial charge in [0.1, 0.15) is 0 Å². The predicted octanol–water partition coefficient (Wildman–Crippen LogP) is -0.687. The Balaban J connectivity index is 2.49. The first kappa shape index (κ1) is 4.59. The van der Waals surface area contributed by atoms with Crippen molar-refractivity contribution in [1.82, 2.24) is 0 Å². The number of aliphatic hydroxyl groups is 1. The van der Waals surface area contributed by atoms with Crippen LogP contribution in [0.25, 0.3) is 0 Å². The minimum absolute atomic E-state index is 0.450. The van der Waals surface area contributed by atoms with Crippen LogP contribution in [-0.4, -0.2) is 24.3 Å². The molecule has 0 bridgehead atoms. The summed E-state index contributed by atoms with van der Waals surface area (Å²) in [6.45, 7) is 0. The van der Waals surface area contributed by atoms with Crippen LogP contribution in [-0.2, 0) is 4.65 Å². The molecular weight excluding hydrogens is 90.9 g/mol. The number of rotatable bonds is 0. The normalized spacial score (nSPS) is 26.1. The van der Waals surface area contributed by atoms with E-state index in [0.29, 0.717) is 0 Å². The summed E-state index contributed by atoms with van der Waals surface area (Å²) >= 11 is 0. The molecule has 0 amide bonds. The molecule has 1 aliphatic heterocycles. The molecule has 0 aromatic heterocycles. The Hall–Kier alpha value is -0.565. The standard InChI is InChI=1S/C4H5BO2/c6-4-1-2-7-5-3-4/h1-4,6H. The van der Waals surface area contributed by atoms with Crippen LogP contribution < -0.4 is 0 Å². The molecule has 0 saturated heterocycles. The Bertz CT molecular complexity index is 96.3. The molecule has 0 aliphatic carbocycles. The van der Waals surface area contributed by atoms with Crippen molar-refractivity contribution in [3.8, 4) is 0 Å². The van der Waals surface area contributed by atoms with E-state index >= 15 is 0 Å². The third-order valence-electron chi connectivity index (χ3n) is 0.709. The van der Waals surface area contributed by atoms with Crippen molar-refractivity contribution in [3.63, 3.8) is 0 Å². The van der Waals surface area contributed by atoms with Crippen molar-refractivity contribution in [2.75, 3.05) is 0 Å². The number of hydrogen-bond acceptors (Lipinski definition) is 2. The summed E-state index contributed by atoms with van der Waals surface area (Å²) in [5, 5.41) is 8.66. The summed E-state index contributed by atoms with van der Waals surface area (Å²) in [6, 6.07) is 0. The Labute approximate surface area is 42.4 Å². The van der Waals surface area contributed by atoms with Crippen molar-refractivity contribution in [3.05, 3.63) is 12.3 Å². The van der Waals surface area contributed by atoms with Gasteiger partial charge in [-0.25, -0.2) is 0 Å². The van der Waals surface area contributed by atoms with Crippen LogP contribution in [0.15, 0.2) is 12.3 Å². The van der Waals surface area contributed by atoms with Crippen molar-refractivity contribution in [1.29, 1.82) is 0 Å². The van der Waals surface area contributed by atoms with Gasteiger partial charge in [0.2, 0.25) is 0 Å². The molecule has 0 saturated carbocycles. The Morgan fingerprint density at radius 3 is 2.86 bits per heavy atom. The van der Waals surface area contributed by atoms with E-state index in [1.807, 2.05) is 0 Å². The van der Waals surface area contributed by atoms with E-state index in [0.717, 1.165) is 0 Å². The van der Waals surface area contributed by atoms with Crippen LogP contribution >= 0.6 is 0 Å². The summed E-state index contributed by atoms with van der Waals surface area (Å²) in [5.41, 5.74) is 0. The van der Waals surface area contributed by atoms with Crippen LogP contribution in [0.3, 0.4) is 0 Å². The molecule has 0 aromatic rings. The molecule has 36 valence electrons. The second-order valence-electron chi connectivity index (χ2n) is 1.28. The summed E-state index contributed by atoms with van der Waals surface area (Å²) in [7, 11) is 1.45. The first-order valence-electron chi connectivity index (χ1n) is 2.06. The van der Waals surface area contributed by atoms with Gasteiger partial charge < -0.3 is 0 Å². The zero-order valence-corrected chi connectivity index (χ0v) is 3.74. The van der Waals surface area contributed by atoms with Gasteiger partial charge in [-0.05, 0) is 0 Å². The molecule has 1 rings (SSSR count). The van der Waals surface area contributed by atoms with E-state index in [4.69, 9.17) is 5.11 Å². The van der Waals surface area contributed by atoms with E-state index in [1.165, 1.54) is 13.4 Å². The van der Waals surface area contributed by atoms with Crippen LogP contribution in [0.2, 0.25) is 0 Å². The molecule has 1 N–H and O–H groups in total. The third kappa shape index (κ3) is 1.16. The Morgan fingerprint density at radius 1 is 1.71 bits per heavy atom. The maximum atomic E-state index is 8.66. The first-order chi connectivity index (χ1) is 3.39. The molecule has 0 radical (unpaired) electrons. The molecule has 3 heteroatoms. The molecule has 0 spiro atoms. The molecular formula is C4H5BO2. The predicted molar refractivity (Wildman–Crippen MR) is 28.0 cm³/mol. The van der Waals surface area contributed by atoms with Gasteiger partial charge in [-0.3, -0.25) is 0 Å². The van der Waals surface area contributed by atoms with Gasteiger partial charge in [0.05, 0.1) is 0 Å². The Kier molecular flexibility index (Phi) is 1.27. The second-order valence-corrected chi connectivity index (χ2v) is 1.28. The molecule has 7 heavy (non-hydrogen) atoms. The van der Waals surface area contributed by atoms with Crippen LogP contribution in [0.1, 0.15) is 0 Å². The molecule has 0 aromatic carbocycles. The van der Waals surface area contributed by atoms with Gasteiger partial charge in [0.25, 0.3) is 0 Å². The van der Waals surface area contributed by atoms with Crippen LogP contribution in [0.5, 0.6) is 0 Å². The van der Waals surface area contributed by atoms with E-state index in [9.17, 15) is 0 Å². The monoisotopic (exact) mass is 96.0 g/mol. The summed E-state index contributed by atoms with van der Waals surface area (Å²) < 4.78 is 4.62. The van der Waals surface area contributed by atoms with Crippen LogP contribution in [0.4, 0.5) is 0 Å². The van der Waals surface area contributed by atoms with E-state index < -0.39 is 6.10 Å². The molecule has 1 unspecified atom stereocenters. The average Bonchev–Trinajstić information content (AvgIpc) is 1.69. The van der Waals surface area contributed by atoms with Crippen molar-refractivity contribution < 1.29 is 9.76 Å². The summed E-state index contributed by atoms with van der Waals surface area (Å²) in [5.74, 6) is 1.56. The fraction of sp³-hybridized carbons (Fsp3) is 0.250. The summed E-state index contributed by atoms with van der Waals surface area (Å²) in [4.78, 5) is 0. The zero-order chi connectivity index (χ0) is 5.11. The second kappa shape index (κ2) is 1.93. The molecule has 1 heterocycles. The SMILES string of the molecule is OC1C=BOC=C1. The molecule has 1 atom stereocenters. The number of aliphatic hydroxyl groups excluding tert-OH is 1. The third-order valence-corrected chi connectivity index (χ3v) is 0.709. The van der Waals surface area contributed by atoms with Gasteiger partial charge in [0, 0.05) is 0 Å². The Morgan fingerprint density at radius 2 is 2.57 bits per heavy atom. The van der Waals surface area contributed by atoms with Gasteiger partial charge in [-0.1, -0.05) is 0 Å². The van der Waals surface area contributed by atoms with Gasteiger partial charge in [0.15, 0.2) is 0 Å². The fourth-order valence-electron chi connectivity index (χ4n) is 0.361. The van der Waals surface area contributed by atoms with Gasteiger partial charge >= 0.3 is 41.3 Å². The van der Waals surface area contributed by atoms with Crippen molar-refractivity contribution in [2.45, 2.75) is 6.10 Å². The van der Waals surface area contributed by atoms with Crippen molar-refractivity contribution in [2.24, 2.45) is 0 Å². The van der Waals surface area contributed by atoms with E-state index in [2.05, 4.69) is 4.65 Å². The van der Waals surface area contributed by atoms with E-state index in [-0.39, 0.29) is 0 Å². The molecule has 1 aliphatic rings. The van der Waals surface area contributed by atoms with Crippen molar-refractivity contribution >= 4 is 13.1 Å². The minimum atomic E-state index is -0.450. The van der Waals surface area contributed by atoms with E-state index in [1.54, 1.807) is 12.0 Å². The van der Waals surface area contributed by atoms with Gasteiger partial charge in [-0.2, -0.15) is 0 Å². The van der Waals surface area contributed by atoms with Gasteiger partial charge in [-0.15, -0.1) is 0 Å². The number of hydrogen-bond donors (Lipinski definition) is 1. The van der Waals surface area contributed by atoms with Crippen LogP contribution in [0, 0.1) is 0 Å². The summed E-state index contributed by atoms with van der Waals surface area (Å²) in [6.07, 6.45) is 2.55. The maximum absolute atomic E-state index is 8.66.